The minimum absolute atomic E-state index is 0.0768. The summed E-state index contributed by atoms with van der Waals surface area (Å²) >= 11 is 0. The third-order valence-corrected chi connectivity index (χ3v) is 2.83. The predicted molar refractivity (Wildman–Crippen MR) is 64.5 cm³/mol. The van der Waals surface area contributed by atoms with Gasteiger partial charge >= 0.3 is 5.97 Å². The zero-order chi connectivity index (χ0) is 12.9. The molecule has 0 saturated carbocycles. The molecular formula is C13H20O4. The van der Waals surface area contributed by atoms with E-state index in [-0.39, 0.29) is 6.10 Å². The Hall–Kier alpha value is -1.13. The van der Waals surface area contributed by atoms with Gasteiger partial charge in [0.25, 0.3) is 0 Å². The highest BCUT2D eigenvalue weighted by molar-refractivity contribution is 5.82. The Morgan fingerprint density at radius 2 is 2.41 bits per heavy atom. The van der Waals surface area contributed by atoms with Gasteiger partial charge in [0.1, 0.15) is 6.10 Å². The van der Waals surface area contributed by atoms with E-state index in [2.05, 4.69) is 6.58 Å². The summed E-state index contributed by atoms with van der Waals surface area (Å²) in [5.74, 6) is -0.423. The molecule has 0 aromatic heterocycles. The monoisotopic (exact) mass is 240 g/mol. The van der Waals surface area contributed by atoms with Crippen LogP contribution >= 0.6 is 0 Å². The van der Waals surface area contributed by atoms with Crippen LogP contribution < -0.4 is 0 Å². The number of hydrogen-bond donors (Lipinski definition) is 1. The number of aliphatic hydroxyl groups is 1. The average molecular weight is 240 g/mol. The van der Waals surface area contributed by atoms with Crippen molar-refractivity contribution in [2.45, 2.75) is 44.5 Å². The van der Waals surface area contributed by atoms with Crippen LogP contribution in [-0.4, -0.2) is 35.5 Å². The smallest absolute Gasteiger partial charge is 0.330 e. The summed E-state index contributed by atoms with van der Waals surface area (Å²) in [6, 6.07) is 0. The van der Waals surface area contributed by atoms with Gasteiger partial charge in [-0.25, -0.2) is 4.79 Å². The Morgan fingerprint density at radius 1 is 1.71 bits per heavy atom. The molecule has 0 aromatic rings. The van der Waals surface area contributed by atoms with Gasteiger partial charge in [-0.1, -0.05) is 6.08 Å². The van der Waals surface area contributed by atoms with Crippen molar-refractivity contribution < 1.29 is 19.4 Å². The van der Waals surface area contributed by atoms with Gasteiger partial charge in [-0.2, -0.15) is 0 Å². The van der Waals surface area contributed by atoms with E-state index in [4.69, 9.17) is 9.47 Å². The molecule has 1 fully saturated rings. The molecule has 0 spiro atoms. The average Bonchev–Trinajstić information content (AvgIpc) is 2.28. The quantitative estimate of drug-likeness (QED) is 0.460. The molecule has 0 unspecified atom stereocenters. The molecule has 3 atom stereocenters. The molecule has 1 heterocycles. The number of carbonyl (C=O) groups is 1. The molecule has 0 amide bonds. The van der Waals surface area contributed by atoms with E-state index < -0.39 is 17.7 Å². The molecule has 1 aliphatic rings. The van der Waals surface area contributed by atoms with Crippen LogP contribution in [0, 0.1) is 0 Å². The van der Waals surface area contributed by atoms with Crippen LogP contribution in [-0.2, 0) is 14.3 Å². The molecule has 4 nitrogen and oxygen atoms in total. The first-order valence-electron chi connectivity index (χ1n) is 5.85. The lowest BCUT2D eigenvalue weighted by molar-refractivity contribution is -0.139. The van der Waals surface area contributed by atoms with Gasteiger partial charge in [-0.05, 0) is 32.8 Å². The van der Waals surface area contributed by atoms with Crippen LogP contribution in [0.5, 0.6) is 0 Å². The molecule has 17 heavy (non-hydrogen) atoms. The van der Waals surface area contributed by atoms with Gasteiger partial charge in [-0.15, -0.1) is 6.58 Å². The summed E-state index contributed by atoms with van der Waals surface area (Å²) in [6.07, 6.45) is 5.32. The van der Waals surface area contributed by atoms with Gasteiger partial charge < -0.3 is 14.6 Å². The Kier molecular flexibility index (Phi) is 4.90. The molecule has 1 rings (SSSR count). The van der Waals surface area contributed by atoms with Gasteiger partial charge in [-0.3, -0.25) is 0 Å². The van der Waals surface area contributed by atoms with Crippen molar-refractivity contribution in [2.24, 2.45) is 0 Å². The number of rotatable bonds is 4. The maximum atomic E-state index is 11.2. The summed E-state index contributed by atoms with van der Waals surface area (Å²) in [5, 5.41) is 10.1. The van der Waals surface area contributed by atoms with Gasteiger partial charge in [0, 0.05) is 6.08 Å². The summed E-state index contributed by atoms with van der Waals surface area (Å²) < 4.78 is 10.4. The standard InChI is InChI=1S/C13H20O4/c1-4-10-8-9-13(3,15)11(17-10)6-7-12(14)16-5-2/h4,6-7,10-11,15H,1,5,8-9H2,2-3H3/b7-6-/t10-,11+,13-/m0/s1. The molecule has 1 saturated heterocycles. The third kappa shape index (κ3) is 3.98. The van der Waals surface area contributed by atoms with Crippen LogP contribution in [0.2, 0.25) is 0 Å². The zero-order valence-corrected chi connectivity index (χ0v) is 10.4. The van der Waals surface area contributed by atoms with Gasteiger partial charge in [0.15, 0.2) is 0 Å². The molecule has 0 bridgehead atoms. The first kappa shape index (κ1) is 13.9. The molecule has 0 aromatic carbocycles. The Labute approximate surface area is 102 Å². The molecule has 1 N–H and O–H groups in total. The highest BCUT2D eigenvalue weighted by Gasteiger charge is 2.37. The van der Waals surface area contributed by atoms with Crippen LogP contribution in [0.15, 0.2) is 24.8 Å². The highest BCUT2D eigenvalue weighted by atomic mass is 16.5. The Bertz CT molecular complexity index is 307. The molecule has 0 aliphatic carbocycles. The topological polar surface area (TPSA) is 55.8 Å². The predicted octanol–water partition coefficient (Wildman–Crippen LogP) is 1.59. The van der Waals surface area contributed by atoms with Crippen molar-refractivity contribution in [3.05, 3.63) is 24.8 Å². The molecular weight excluding hydrogens is 220 g/mol. The lowest BCUT2D eigenvalue weighted by atomic mass is 9.88. The lowest BCUT2D eigenvalue weighted by Crippen LogP contribution is -2.46. The summed E-state index contributed by atoms with van der Waals surface area (Å²) in [5.41, 5.74) is -0.956. The fraction of sp³-hybridized carbons (Fsp3) is 0.615. The molecule has 1 aliphatic heterocycles. The Balaban J connectivity index is 2.64. The van der Waals surface area contributed by atoms with Crippen LogP contribution in [0.25, 0.3) is 0 Å². The molecule has 0 radical (unpaired) electrons. The Morgan fingerprint density at radius 3 is 3.00 bits per heavy atom. The first-order valence-corrected chi connectivity index (χ1v) is 5.85. The SMILES string of the molecule is C=C[C@H]1CC[C@](C)(O)[C@@H](/C=C\C(=O)OCC)O1. The fourth-order valence-corrected chi connectivity index (χ4v) is 1.76. The zero-order valence-electron chi connectivity index (χ0n) is 10.4. The summed E-state index contributed by atoms with van der Waals surface area (Å²) in [4.78, 5) is 11.2. The van der Waals surface area contributed by atoms with E-state index in [9.17, 15) is 9.90 Å². The second kappa shape index (κ2) is 5.98. The number of carbonyl (C=O) groups excluding carboxylic acids is 1. The maximum absolute atomic E-state index is 11.2. The van der Waals surface area contributed by atoms with E-state index in [1.165, 1.54) is 6.08 Å². The van der Waals surface area contributed by atoms with Crippen LogP contribution in [0.3, 0.4) is 0 Å². The number of hydrogen-bond acceptors (Lipinski definition) is 4. The second-order valence-corrected chi connectivity index (χ2v) is 4.34. The van der Waals surface area contributed by atoms with Gasteiger partial charge in [0.2, 0.25) is 0 Å². The van der Waals surface area contributed by atoms with Crippen LogP contribution in [0.4, 0.5) is 0 Å². The van der Waals surface area contributed by atoms with E-state index in [0.717, 1.165) is 6.42 Å². The highest BCUT2D eigenvalue weighted by Crippen LogP contribution is 2.29. The van der Waals surface area contributed by atoms with E-state index in [1.54, 1.807) is 26.0 Å². The van der Waals surface area contributed by atoms with Crippen molar-refractivity contribution in [1.82, 2.24) is 0 Å². The first-order chi connectivity index (χ1) is 7.99. The van der Waals surface area contributed by atoms with Crippen molar-refractivity contribution in [3.8, 4) is 0 Å². The van der Waals surface area contributed by atoms with Gasteiger partial charge in [0.05, 0.1) is 18.3 Å². The third-order valence-electron chi connectivity index (χ3n) is 2.83. The van der Waals surface area contributed by atoms with E-state index in [0.29, 0.717) is 13.0 Å². The van der Waals surface area contributed by atoms with Crippen molar-refractivity contribution in [3.63, 3.8) is 0 Å². The minimum atomic E-state index is -0.956. The van der Waals surface area contributed by atoms with Crippen molar-refractivity contribution in [2.75, 3.05) is 6.61 Å². The van der Waals surface area contributed by atoms with Crippen molar-refractivity contribution in [1.29, 1.82) is 0 Å². The fourth-order valence-electron chi connectivity index (χ4n) is 1.76. The van der Waals surface area contributed by atoms with E-state index in [1.807, 2.05) is 0 Å². The maximum Gasteiger partial charge on any atom is 0.330 e. The summed E-state index contributed by atoms with van der Waals surface area (Å²) in [6.45, 7) is 7.45. The normalized spacial score (nSPS) is 33.6. The largest absolute Gasteiger partial charge is 0.463 e. The van der Waals surface area contributed by atoms with Crippen LogP contribution in [0.1, 0.15) is 26.7 Å². The summed E-state index contributed by atoms with van der Waals surface area (Å²) in [7, 11) is 0. The minimum Gasteiger partial charge on any atom is -0.463 e. The second-order valence-electron chi connectivity index (χ2n) is 4.34. The molecule has 4 heteroatoms. The number of esters is 1. The van der Waals surface area contributed by atoms with Crippen molar-refractivity contribution >= 4 is 5.97 Å². The lowest BCUT2D eigenvalue weighted by Gasteiger charge is -2.38. The number of ether oxygens (including phenoxy) is 2. The molecule has 96 valence electrons. The van der Waals surface area contributed by atoms with E-state index >= 15 is 0 Å².